The highest BCUT2D eigenvalue weighted by Crippen LogP contribution is 2.26. The normalized spacial score (nSPS) is 14.2. The number of carbonyl (C=O) groups excluding carboxylic acids is 1. The molecule has 0 spiro atoms. The zero-order valence-corrected chi connectivity index (χ0v) is 13.7. The van der Waals surface area contributed by atoms with Gasteiger partial charge in [0.05, 0.1) is 17.3 Å². The van der Waals surface area contributed by atoms with E-state index in [-0.39, 0.29) is 11.5 Å². The predicted octanol–water partition coefficient (Wildman–Crippen LogP) is 1.77. The summed E-state index contributed by atoms with van der Waals surface area (Å²) in [5.74, 6) is -0.159. The number of benzene rings is 1. The monoisotopic (exact) mass is 339 g/mol. The third kappa shape index (κ3) is 2.65. The molecule has 0 radical (unpaired) electrons. The molecule has 8 heteroatoms. The van der Waals surface area contributed by atoms with Crippen LogP contribution in [0.4, 0.5) is 11.5 Å². The minimum Gasteiger partial charge on any atom is -0.407 e. The molecule has 128 valence electrons. The van der Waals surface area contributed by atoms with Gasteiger partial charge in [0.2, 0.25) is 0 Å². The molecule has 1 amide bonds. The molecule has 3 aromatic rings. The fraction of sp³-hybridized carbons (Fsp3) is 0.294. The van der Waals surface area contributed by atoms with E-state index in [0.717, 1.165) is 25.9 Å². The number of para-hydroxylation sites is 1. The smallest absolute Gasteiger partial charge is 0.407 e. The fourth-order valence-corrected chi connectivity index (χ4v) is 3.11. The third-order valence-electron chi connectivity index (χ3n) is 4.41. The summed E-state index contributed by atoms with van der Waals surface area (Å²) in [4.78, 5) is 34.9. The van der Waals surface area contributed by atoms with Crippen LogP contribution in [0.25, 0.3) is 11.1 Å². The standard InChI is InChI=1S/C17H17N5O3/c1-21-13-6-4-5-11(14(13)25-17(21)24)16(23)20-12-9-18-10-19-15(12)22-7-2-3-8-22/h4-6,9-10H,2-3,7-8H2,1H3,(H,20,23). The van der Waals surface area contributed by atoms with Gasteiger partial charge in [-0.25, -0.2) is 14.8 Å². The number of rotatable bonds is 3. The molecule has 1 aliphatic heterocycles. The molecule has 0 saturated carbocycles. The first-order chi connectivity index (χ1) is 12.1. The second kappa shape index (κ2) is 6.04. The SMILES string of the molecule is Cn1c(=O)oc2c(C(=O)Nc3cncnc3N3CCCC3)cccc21. The summed E-state index contributed by atoms with van der Waals surface area (Å²) in [6.07, 6.45) is 5.26. The molecule has 0 unspecified atom stereocenters. The number of carbonyl (C=O) groups is 1. The van der Waals surface area contributed by atoms with Gasteiger partial charge in [-0.2, -0.15) is 0 Å². The van der Waals surface area contributed by atoms with Gasteiger partial charge < -0.3 is 14.6 Å². The zero-order chi connectivity index (χ0) is 17.4. The van der Waals surface area contributed by atoms with Crippen molar-refractivity contribution in [1.82, 2.24) is 14.5 Å². The fourth-order valence-electron chi connectivity index (χ4n) is 3.11. The van der Waals surface area contributed by atoms with Gasteiger partial charge in [-0.05, 0) is 25.0 Å². The molecular weight excluding hydrogens is 322 g/mol. The Morgan fingerprint density at radius 2 is 2.08 bits per heavy atom. The Morgan fingerprint density at radius 1 is 1.28 bits per heavy atom. The predicted molar refractivity (Wildman–Crippen MR) is 92.9 cm³/mol. The van der Waals surface area contributed by atoms with Gasteiger partial charge in [-0.1, -0.05) is 6.07 Å². The van der Waals surface area contributed by atoms with Crippen LogP contribution in [0.1, 0.15) is 23.2 Å². The second-order valence-electron chi connectivity index (χ2n) is 5.99. The Balaban J connectivity index is 1.70. The molecule has 25 heavy (non-hydrogen) atoms. The highest BCUT2D eigenvalue weighted by molar-refractivity contribution is 6.11. The van der Waals surface area contributed by atoms with E-state index >= 15 is 0 Å². The van der Waals surface area contributed by atoms with Crippen molar-refractivity contribution < 1.29 is 9.21 Å². The molecule has 1 aromatic carbocycles. The lowest BCUT2D eigenvalue weighted by atomic mass is 10.2. The number of anilines is 2. The molecule has 0 aliphatic carbocycles. The molecule has 8 nitrogen and oxygen atoms in total. The van der Waals surface area contributed by atoms with Crippen LogP contribution >= 0.6 is 0 Å². The largest absolute Gasteiger partial charge is 0.419 e. The molecular formula is C17H17N5O3. The lowest BCUT2D eigenvalue weighted by molar-refractivity contribution is 0.102. The topological polar surface area (TPSA) is 93.3 Å². The van der Waals surface area contributed by atoms with Gasteiger partial charge in [0.15, 0.2) is 11.4 Å². The number of amides is 1. The van der Waals surface area contributed by atoms with Crippen LogP contribution in [0.15, 0.2) is 39.9 Å². The van der Waals surface area contributed by atoms with Crippen molar-refractivity contribution in [3.05, 3.63) is 46.8 Å². The third-order valence-corrected chi connectivity index (χ3v) is 4.41. The molecule has 0 atom stereocenters. The molecule has 1 fully saturated rings. The summed E-state index contributed by atoms with van der Waals surface area (Å²) in [6, 6.07) is 5.08. The Hall–Kier alpha value is -3.16. The van der Waals surface area contributed by atoms with Crippen LogP contribution in [-0.4, -0.2) is 33.5 Å². The van der Waals surface area contributed by atoms with Crippen molar-refractivity contribution >= 4 is 28.5 Å². The van der Waals surface area contributed by atoms with Crippen molar-refractivity contribution in [2.24, 2.45) is 7.05 Å². The highest BCUT2D eigenvalue weighted by atomic mass is 16.4. The maximum atomic E-state index is 12.8. The quantitative estimate of drug-likeness (QED) is 0.782. The number of nitrogens with zero attached hydrogens (tertiary/aromatic N) is 4. The summed E-state index contributed by atoms with van der Waals surface area (Å²) < 4.78 is 6.59. The van der Waals surface area contributed by atoms with Crippen molar-refractivity contribution in [2.75, 3.05) is 23.3 Å². The maximum absolute atomic E-state index is 12.8. The van der Waals surface area contributed by atoms with Gasteiger partial charge in [0, 0.05) is 20.1 Å². The van der Waals surface area contributed by atoms with Gasteiger partial charge in [0.25, 0.3) is 5.91 Å². The number of hydrogen-bond donors (Lipinski definition) is 1. The average Bonchev–Trinajstić information content (AvgIpc) is 3.24. The average molecular weight is 339 g/mol. The zero-order valence-electron chi connectivity index (χ0n) is 13.7. The van der Waals surface area contributed by atoms with Crippen LogP contribution in [-0.2, 0) is 7.05 Å². The first kappa shape index (κ1) is 15.4. The van der Waals surface area contributed by atoms with Crippen molar-refractivity contribution in [3.63, 3.8) is 0 Å². The van der Waals surface area contributed by atoms with Crippen LogP contribution in [0.3, 0.4) is 0 Å². The van der Waals surface area contributed by atoms with E-state index in [1.807, 2.05) is 0 Å². The first-order valence-corrected chi connectivity index (χ1v) is 8.10. The van der Waals surface area contributed by atoms with Gasteiger partial charge in [0.1, 0.15) is 12.0 Å². The Bertz CT molecular complexity index is 1000. The van der Waals surface area contributed by atoms with Crippen LogP contribution in [0.5, 0.6) is 0 Å². The van der Waals surface area contributed by atoms with E-state index in [1.54, 1.807) is 31.4 Å². The number of aromatic nitrogens is 3. The minimum atomic E-state index is -0.504. The number of hydrogen-bond acceptors (Lipinski definition) is 6. The summed E-state index contributed by atoms with van der Waals surface area (Å²) in [6.45, 7) is 1.81. The Morgan fingerprint density at radius 3 is 2.88 bits per heavy atom. The summed E-state index contributed by atoms with van der Waals surface area (Å²) in [7, 11) is 1.60. The number of aryl methyl sites for hydroxylation is 1. The maximum Gasteiger partial charge on any atom is 0.419 e. The number of oxazole rings is 1. The lowest BCUT2D eigenvalue weighted by Crippen LogP contribution is -2.22. The summed E-state index contributed by atoms with van der Waals surface area (Å²) in [5, 5.41) is 2.85. The van der Waals surface area contributed by atoms with E-state index in [1.165, 1.54) is 10.9 Å². The molecule has 1 N–H and O–H groups in total. The minimum absolute atomic E-state index is 0.270. The van der Waals surface area contributed by atoms with Crippen molar-refractivity contribution in [2.45, 2.75) is 12.8 Å². The van der Waals surface area contributed by atoms with Gasteiger partial charge in [-0.3, -0.25) is 9.36 Å². The van der Waals surface area contributed by atoms with Crippen LogP contribution in [0, 0.1) is 0 Å². The van der Waals surface area contributed by atoms with E-state index in [9.17, 15) is 9.59 Å². The molecule has 2 aromatic heterocycles. The Kier molecular flexibility index (Phi) is 3.72. The van der Waals surface area contributed by atoms with E-state index in [2.05, 4.69) is 20.2 Å². The van der Waals surface area contributed by atoms with Gasteiger partial charge >= 0.3 is 5.76 Å². The first-order valence-electron chi connectivity index (χ1n) is 8.10. The molecule has 3 heterocycles. The van der Waals surface area contributed by atoms with E-state index < -0.39 is 5.76 Å². The number of fused-ring (bicyclic) bond motifs is 1. The van der Waals surface area contributed by atoms with Crippen molar-refractivity contribution in [3.8, 4) is 0 Å². The molecule has 1 saturated heterocycles. The number of nitrogens with one attached hydrogen (secondary N) is 1. The summed E-state index contributed by atoms with van der Waals surface area (Å²) >= 11 is 0. The molecule has 0 bridgehead atoms. The summed E-state index contributed by atoms with van der Waals surface area (Å²) in [5.41, 5.74) is 1.69. The van der Waals surface area contributed by atoms with E-state index in [4.69, 9.17) is 4.42 Å². The van der Waals surface area contributed by atoms with Crippen LogP contribution < -0.4 is 16.0 Å². The Labute approximate surface area is 143 Å². The van der Waals surface area contributed by atoms with Crippen LogP contribution in [0.2, 0.25) is 0 Å². The highest BCUT2D eigenvalue weighted by Gasteiger charge is 2.21. The second-order valence-corrected chi connectivity index (χ2v) is 5.99. The molecule has 4 rings (SSSR count). The van der Waals surface area contributed by atoms with E-state index in [0.29, 0.717) is 22.6 Å². The van der Waals surface area contributed by atoms with Gasteiger partial charge in [-0.15, -0.1) is 0 Å². The van der Waals surface area contributed by atoms with Crippen molar-refractivity contribution in [1.29, 1.82) is 0 Å². The lowest BCUT2D eigenvalue weighted by Gasteiger charge is -2.19. The molecule has 1 aliphatic rings.